The number of methoxy groups -OCH3 is 2. The molecule has 1 N–H and O–H groups in total. The summed E-state index contributed by atoms with van der Waals surface area (Å²) in [5, 5.41) is 2.97. The summed E-state index contributed by atoms with van der Waals surface area (Å²) < 4.78 is 52.0. The first-order chi connectivity index (χ1) is 16.6. The van der Waals surface area contributed by atoms with E-state index in [1.165, 1.54) is 14.2 Å². The van der Waals surface area contributed by atoms with Crippen LogP contribution in [0.3, 0.4) is 0 Å². The molecule has 1 aromatic heterocycles. The van der Waals surface area contributed by atoms with E-state index in [9.17, 15) is 18.0 Å². The number of carbonyl (C=O) groups is 1. The molecule has 2 aromatic rings. The van der Waals surface area contributed by atoms with E-state index in [-0.39, 0.29) is 41.6 Å². The molecule has 0 aliphatic heterocycles. The Morgan fingerprint density at radius 2 is 1.86 bits per heavy atom. The Bertz CT molecular complexity index is 1010. The molecular weight excluding hydrogens is 459 g/mol. The van der Waals surface area contributed by atoms with Crippen molar-refractivity contribution in [2.75, 3.05) is 19.5 Å². The Morgan fingerprint density at radius 3 is 2.49 bits per heavy atom. The Kier molecular flexibility index (Phi) is 8.97. The first-order valence-corrected chi connectivity index (χ1v) is 12.0. The zero-order chi connectivity index (χ0) is 25.6. The number of benzene rings is 1. The molecule has 0 saturated heterocycles. The Balaban J connectivity index is 1.87. The number of ether oxygens (including phenoxy) is 2. The number of nitrogens with zero attached hydrogens (tertiary/aromatic N) is 2. The van der Waals surface area contributed by atoms with Crippen LogP contribution in [0.25, 0.3) is 0 Å². The second-order valence-corrected chi connectivity index (χ2v) is 9.59. The van der Waals surface area contributed by atoms with Crippen molar-refractivity contribution in [3.05, 3.63) is 35.7 Å². The van der Waals surface area contributed by atoms with Crippen LogP contribution in [0.15, 0.2) is 24.4 Å². The molecule has 0 amide bonds. The van der Waals surface area contributed by atoms with Gasteiger partial charge in [0.05, 0.1) is 31.2 Å². The molecule has 192 valence electrons. The van der Waals surface area contributed by atoms with E-state index >= 15 is 0 Å². The van der Waals surface area contributed by atoms with Crippen molar-refractivity contribution in [2.45, 2.75) is 65.0 Å². The average Bonchev–Trinajstić information content (AvgIpc) is 2.79. The summed E-state index contributed by atoms with van der Waals surface area (Å²) in [6.45, 7) is 4.00. The van der Waals surface area contributed by atoms with Gasteiger partial charge in [-0.05, 0) is 49.1 Å². The molecule has 1 aromatic carbocycles. The van der Waals surface area contributed by atoms with Crippen molar-refractivity contribution in [2.24, 2.45) is 17.8 Å². The van der Waals surface area contributed by atoms with Crippen LogP contribution >= 0.6 is 0 Å². The SMILES string of the molecule is COc1ccc(Nc2ncc(C(F)(F)F)c(C[C@@H]3CCCC[C@H]3CC(=O)CC(C)C)n2)c(OC)c1. The highest BCUT2D eigenvalue weighted by molar-refractivity contribution is 5.78. The third-order valence-electron chi connectivity index (χ3n) is 6.48. The topological polar surface area (TPSA) is 73.3 Å². The molecule has 2 atom stereocenters. The second kappa shape index (κ2) is 11.7. The number of Topliss-reactive ketones (excluding diaryl/α,β-unsaturated/α-hetero) is 1. The summed E-state index contributed by atoms with van der Waals surface area (Å²) in [5.74, 6) is 1.58. The Hall–Kier alpha value is -2.84. The Labute approximate surface area is 204 Å². The molecule has 0 bridgehead atoms. The van der Waals surface area contributed by atoms with Gasteiger partial charge in [-0.25, -0.2) is 9.97 Å². The second-order valence-electron chi connectivity index (χ2n) is 9.59. The first-order valence-electron chi connectivity index (χ1n) is 12.0. The smallest absolute Gasteiger partial charge is 0.419 e. The quantitative estimate of drug-likeness (QED) is 0.401. The molecule has 1 aliphatic carbocycles. The van der Waals surface area contributed by atoms with E-state index in [1.807, 2.05) is 13.8 Å². The fourth-order valence-electron chi connectivity index (χ4n) is 4.79. The van der Waals surface area contributed by atoms with Crippen molar-refractivity contribution < 1.29 is 27.4 Å². The van der Waals surface area contributed by atoms with E-state index in [4.69, 9.17) is 9.47 Å². The minimum absolute atomic E-state index is 0.0285. The minimum Gasteiger partial charge on any atom is -0.497 e. The van der Waals surface area contributed by atoms with E-state index in [0.717, 1.165) is 31.9 Å². The van der Waals surface area contributed by atoms with Crippen LogP contribution in [0, 0.1) is 17.8 Å². The van der Waals surface area contributed by atoms with Crippen LogP contribution in [0.4, 0.5) is 24.8 Å². The number of hydrogen-bond acceptors (Lipinski definition) is 6. The molecule has 9 heteroatoms. The lowest BCUT2D eigenvalue weighted by Gasteiger charge is -2.32. The van der Waals surface area contributed by atoms with E-state index < -0.39 is 11.7 Å². The molecule has 1 fully saturated rings. The molecule has 1 heterocycles. The van der Waals surface area contributed by atoms with Crippen LogP contribution in [0.2, 0.25) is 0 Å². The standard InChI is InChI=1S/C26H34F3N3O3/c1-16(2)11-19(33)12-17-7-5-6-8-18(17)13-23-21(26(27,28)29)15-30-25(32-23)31-22-10-9-20(34-3)14-24(22)35-4/h9-10,14-18H,5-8,11-13H2,1-4H3,(H,30,31,32)/t17-,18-/m0/s1. The molecule has 1 aliphatic rings. The number of carbonyl (C=O) groups excluding carboxylic acids is 1. The van der Waals surface area contributed by atoms with Crippen molar-refractivity contribution >= 4 is 17.4 Å². The highest BCUT2D eigenvalue weighted by atomic mass is 19.4. The number of anilines is 2. The molecule has 35 heavy (non-hydrogen) atoms. The number of ketones is 1. The fourth-order valence-corrected chi connectivity index (χ4v) is 4.79. The largest absolute Gasteiger partial charge is 0.497 e. The summed E-state index contributed by atoms with van der Waals surface area (Å²) in [7, 11) is 3.02. The fraction of sp³-hybridized carbons (Fsp3) is 0.577. The monoisotopic (exact) mass is 493 g/mol. The average molecular weight is 494 g/mol. The number of alkyl halides is 3. The van der Waals surface area contributed by atoms with E-state index in [0.29, 0.717) is 30.0 Å². The predicted molar refractivity (Wildman–Crippen MR) is 128 cm³/mol. The lowest BCUT2D eigenvalue weighted by molar-refractivity contribution is -0.139. The van der Waals surface area contributed by atoms with Gasteiger partial charge in [0.1, 0.15) is 17.3 Å². The third-order valence-corrected chi connectivity index (χ3v) is 6.48. The highest BCUT2D eigenvalue weighted by Gasteiger charge is 2.37. The van der Waals surface area contributed by atoms with Gasteiger partial charge in [-0.1, -0.05) is 26.7 Å². The lowest BCUT2D eigenvalue weighted by Crippen LogP contribution is -2.26. The number of aromatic nitrogens is 2. The van der Waals surface area contributed by atoms with Crippen LogP contribution in [-0.4, -0.2) is 30.0 Å². The molecule has 0 unspecified atom stereocenters. The van der Waals surface area contributed by atoms with E-state index in [1.54, 1.807) is 18.2 Å². The summed E-state index contributed by atoms with van der Waals surface area (Å²) >= 11 is 0. The van der Waals surface area contributed by atoms with Gasteiger partial charge in [0.15, 0.2) is 0 Å². The minimum atomic E-state index is -4.57. The Morgan fingerprint density at radius 1 is 1.14 bits per heavy atom. The number of rotatable bonds is 10. The van der Waals surface area contributed by atoms with Crippen molar-refractivity contribution in [3.63, 3.8) is 0 Å². The van der Waals surface area contributed by atoms with Gasteiger partial charge in [-0.2, -0.15) is 13.2 Å². The van der Waals surface area contributed by atoms with Crippen molar-refractivity contribution in [3.8, 4) is 11.5 Å². The number of nitrogens with one attached hydrogen (secondary N) is 1. The van der Waals surface area contributed by atoms with Gasteiger partial charge >= 0.3 is 6.18 Å². The van der Waals surface area contributed by atoms with Gasteiger partial charge in [-0.15, -0.1) is 0 Å². The van der Waals surface area contributed by atoms with Crippen LogP contribution < -0.4 is 14.8 Å². The van der Waals surface area contributed by atoms with Crippen LogP contribution in [0.1, 0.15) is 63.6 Å². The van der Waals surface area contributed by atoms with Crippen LogP contribution in [0.5, 0.6) is 11.5 Å². The maximum Gasteiger partial charge on any atom is 0.419 e. The normalized spacial score (nSPS) is 18.4. The maximum absolute atomic E-state index is 13.8. The lowest BCUT2D eigenvalue weighted by atomic mass is 9.74. The molecule has 3 rings (SSSR count). The zero-order valence-corrected chi connectivity index (χ0v) is 20.7. The van der Waals surface area contributed by atoms with Gasteiger partial charge in [0.2, 0.25) is 5.95 Å². The van der Waals surface area contributed by atoms with Gasteiger partial charge in [0, 0.05) is 25.1 Å². The number of hydrogen-bond donors (Lipinski definition) is 1. The van der Waals surface area contributed by atoms with Gasteiger partial charge in [-0.3, -0.25) is 4.79 Å². The summed E-state index contributed by atoms with van der Waals surface area (Å²) in [6, 6.07) is 5.06. The summed E-state index contributed by atoms with van der Waals surface area (Å²) in [5.41, 5.74) is -0.368. The maximum atomic E-state index is 13.8. The summed E-state index contributed by atoms with van der Waals surface area (Å²) in [4.78, 5) is 20.7. The van der Waals surface area contributed by atoms with Crippen LogP contribution in [-0.2, 0) is 17.4 Å². The van der Waals surface area contributed by atoms with Gasteiger partial charge < -0.3 is 14.8 Å². The number of halogens is 3. The molecule has 6 nitrogen and oxygen atoms in total. The van der Waals surface area contributed by atoms with E-state index in [2.05, 4.69) is 15.3 Å². The highest BCUT2D eigenvalue weighted by Crippen LogP contribution is 2.39. The predicted octanol–water partition coefficient (Wildman–Crippen LogP) is 6.61. The molecular formula is C26H34F3N3O3. The van der Waals surface area contributed by atoms with Crippen molar-refractivity contribution in [1.29, 1.82) is 0 Å². The third kappa shape index (κ3) is 7.32. The zero-order valence-electron chi connectivity index (χ0n) is 20.7. The van der Waals surface area contributed by atoms with Crippen molar-refractivity contribution in [1.82, 2.24) is 9.97 Å². The molecule has 1 saturated carbocycles. The molecule has 0 radical (unpaired) electrons. The molecule has 0 spiro atoms. The van der Waals surface area contributed by atoms with Gasteiger partial charge in [0.25, 0.3) is 0 Å². The first kappa shape index (κ1) is 26.8. The summed E-state index contributed by atoms with van der Waals surface area (Å²) in [6.07, 6.45) is 0.935.